The summed E-state index contributed by atoms with van der Waals surface area (Å²) in [5.74, 6) is 0.729. The standard InChI is InChI=1S/C17H25NO5/c1-11(2)6-9-16(19)23-12(3)17(20)18-13-7-8-14(21-4)15(10-13)22-5/h7-8,10-12H,6,9H2,1-5H3,(H,18,20)/t12-/m1/s1. The lowest BCUT2D eigenvalue weighted by Gasteiger charge is -2.15. The lowest BCUT2D eigenvalue weighted by molar-refractivity contribution is -0.153. The highest BCUT2D eigenvalue weighted by Crippen LogP contribution is 2.29. The van der Waals surface area contributed by atoms with Crippen LogP contribution in [0.2, 0.25) is 0 Å². The Balaban J connectivity index is 2.59. The van der Waals surface area contributed by atoms with Crippen LogP contribution < -0.4 is 14.8 Å². The lowest BCUT2D eigenvalue weighted by atomic mass is 10.1. The molecule has 6 nitrogen and oxygen atoms in total. The molecule has 0 aromatic heterocycles. The Morgan fingerprint density at radius 3 is 2.30 bits per heavy atom. The van der Waals surface area contributed by atoms with Gasteiger partial charge in [-0.3, -0.25) is 9.59 Å². The number of ether oxygens (including phenoxy) is 3. The number of rotatable bonds is 8. The summed E-state index contributed by atoms with van der Waals surface area (Å²) in [4.78, 5) is 23.7. The topological polar surface area (TPSA) is 73.9 Å². The minimum atomic E-state index is -0.859. The van der Waals surface area contributed by atoms with Crippen LogP contribution in [0.1, 0.15) is 33.6 Å². The highest BCUT2D eigenvalue weighted by atomic mass is 16.5. The van der Waals surface area contributed by atoms with Gasteiger partial charge in [0.05, 0.1) is 14.2 Å². The molecule has 0 bridgehead atoms. The molecule has 1 amide bonds. The van der Waals surface area contributed by atoms with Crippen LogP contribution in [-0.4, -0.2) is 32.2 Å². The van der Waals surface area contributed by atoms with E-state index in [1.165, 1.54) is 14.2 Å². The molecule has 0 spiro atoms. The third-order valence-electron chi connectivity index (χ3n) is 3.25. The molecule has 1 N–H and O–H groups in total. The zero-order valence-electron chi connectivity index (χ0n) is 14.3. The van der Waals surface area contributed by atoms with E-state index in [1.54, 1.807) is 25.1 Å². The zero-order chi connectivity index (χ0) is 17.4. The molecule has 0 aliphatic rings. The first-order valence-corrected chi connectivity index (χ1v) is 7.59. The van der Waals surface area contributed by atoms with Crippen molar-refractivity contribution in [2.24, 2.45) is 5.92 Å². The Hall–Kier alpha value is -2.24. The van der Waals surface area contributed by atoms with Crippen molar-refractivity contribution in [3.8, 4) is 11.5 Å². The second-order valence-corrected chi connectivity index (χ2v) is 5.62. The molecule has 1 aromatic carbocycles. The van der Waals surface area contributed by atoms with Crippen molar-refractivity contribution < 1.29 is 23.8 Å². The number of amides is 1. The van der Waals surface area contributed by atoms with Gasteiger partial charge in [0.25, 0.3) is 5.91 Å². The van der Waals surface area contributed by atoms with Gasteiger partial charge in [-0.1, -0.05) is 13.8 Å². The highest BCUT2D eigenvalue weighted by molar-refractivity contribution is 5.95. The molecule has 6 heteroatoms. The molecule has 0 saturated carbocycles. The van der Waals surface area contributed by atoms with Crippen molar-refractivity contribution in [1.82, 2.24) is 0 Å². The van der Waals surface area contributed by atoms with Crippen LogP contribution in [0, 0.1) is 5.92 Å². The van der Waals surface area contributed by atoms with E-state index in [2.05, 4.69) is 5.32 Å². The number of methoxy groups -OCH3 is 2. The van der Waals surface area contributed by atoms with Crippen molar-refractivity contribution in [2.45, 2.75) is 39.7 Å². The fraction of sp³-hybridized carbons (Fsp3) is 0.529. The normalized spacial score (nSPS) is 11.7. The maximum atomic E-state index is 12.1. The van der Waals surface area contributed by atoms with Gasteiger partial charge in [0, 0.05) is 18.2 Å². The summed E-state index contributed by atoms with van der Waals surface area (Å²) in [6.07, 6.45) is 0.192. The molecule has 0 heterocycles. The average molecular weight is 323 g/mol. The van der Waals surface area contributed by atoms with Gasteiger partial charge in [-0.2, -0.15) is 0 Å². The van der Waals surface area contributed by atoms with Gasteiger partial charge < -0.3 is 19.5 Å². The fourth-order valence-electron chi connectivity index (χ4n) is 1.87. The minimum Gasteiger partial charge on any atom is -0.493 e. The molecule has 0 saturated heterocycles. The van der Waals surface area contributed by atoms with Crippen molar-refractivity contribution in [1.29, 1.82) is 0 Å². The summed E-state index contributed by atoms with van der Waals surface area (Å²) < 4.78 is 15.4. The third kappa shape index (κ3) is 6.18. The minimum absolute atomic E-state index is 0.311. The molecule has 1 rings (SSSR count). The SMILES string of the molecule is COc1ccc(NC(=O)[C@@H](C)OC(=O)CCC(C)C)cc1OC. The van der Waals surface area contributed by atoms with E-state index in [-0.39, 0.29) is 5.97 Å². The first kappa shape index (κ1) is 18.8. The fourth-order valence-corrected chi connectivity index (χ4v) is 1.87. The van der Waals surface area contributed by atoms with Crippen molar-refractivity contribution in [3.05, 3.63) is 18.2 Å². The molecule has 128 valence electrons. The molecular formula is C17H25NO5. The van der Waals surface area contributed by atoms with Crippen LogP contribution in [-0.2, 0) is 14.3 Å². The van der Waals surface area contributed by atoms with E-state index in [1.807, 2.05) is 13.8 Å². The smallest absolute Gasteiger partial charge is 0.306 e. The Morgan fingerprint density at radius 2 is 1.74 bits per heavy atom. The molecule has 0 aliphatic heterocycles. The van der Waals surface area contributed by atoms with Crippen molar-refractivity contribution in [2.75, 3.05) is 19.5 Å². The van der Waals surface area contributed by atoms with E-state index in [9.17, 15) is 9.59 Å². The number of carbonyl (C=O) groups is 2. The van der Waals surface area contributed by atoms with Crippen LogP contribution in [0.4, 0.5) is 5.69 Å². The van der Waals surface area contributed by atoms with Gasteiger partial charge in [-0.15, -0.1) is 0 Å². The maximum Gasteiger partial charge on any atom is 0.306 e. The van der Waals surface area contributed by atoms with E-state index < -0.39 is 12.0 Å². The number of benzene rings is 1. The molecule has 0 unspecified atom stereocenters. The summed E-state index contributed by atoms with van der Waals surface area (Å²) in [6.45, 7) is 5.60. The van der Waals surface area contributed by atoms with Gasteiger partial charge in [0.15, 0.2) is 17.6 Å². The van der Waals surface area contributed by atoms with Gasteiger partial charge in [-0.25, -0.2) is 0 Å². The second-order valence-electron chi connectivity index (χ2n) is 5.62. The van der Waals surface area contributed by atoms with Crippen LogP contribution in [0.5, 0.6) is 11.5 Å². The Kier molecular flexibility index (Phi) is 7.38. The molecule has 23 heavy (non-hydrogen) atoms. The Morgan fingerprint density at radius 1 is 1.09 bits per heavy atom. The van der Waals surface area contributed by atoms with Gasteiger partial charge in [0.2, 0.25) is 0 Å². The monoisotopic (exact) mass is 323 g/mol. The summed E-state index contributed by atoms with van der Waals surface area (Å²) in [7, 11) is 3.05. The Bertz CT molecular complexity index is 542. The van der Waals surface area contributed by atoms with Crippen molar-refractivity contribution in [3.63, 3.8) is 0 Å². The second kappa shape index (κ2) is 9.02. The van der Waals surface area contributed by atoms with Crippen LogP contribution in [0.15, 0.2) is 18.2 Å². The van der Waals surface area contributed by atoms with Gasteiger partial charge in [-0.05, 0) is 31.4 Å². The number of hydrogen-bond donors (Lipinski definition) is 1. The average Bonchev–Trinajstić information content (AvgIpc) is 2.52. The maximum absolute atomic E-state index is 12.1. The summed E-state index contributed by atoms with van der Waals surface area (Å²) in [5.41, 5.74) is 0.540. The van der Waals surface area contributed by atoms with E-state index in [4.69, 9.17) is 14.2 Å². The summed E-state index contributed by atoms with van der Waals surface area (Å²) in [5, 5.41) is 2.69. The molecule has 1 aromatic rings. The number of esters is 1. The first-order chi connectivity index (χ1) is 10.9. The van der Waals surface area contributed by atoms with E-state index >= 15 is 0 Å². The van der Waals surface area contributed by atoms with Crippen LogP contribution >= 0.6 is 0 Å². The van der Waals surface area contributed by atoms with Gasteiger partial charge >= 0.3 is 5.97 Å². The predicted molar refractivity (Wildman–Crippen MR) is 87.8 cm³/mol. The molecular weight excluding hydrogens is 298 g/mol. The van der Waals surface area contributed by atoms with Crippen LogP contribution in [0.3, 0.4) is 0 Å². The zero-order valence-corrected chi connectivity index (χ0v) is 14.3. The number of anilines is 1. The predicted octanol–water partition coefficient (Wildman–Crippen LogP) is 3.01. The molecule has 0 radical (unpaired) electrons. The quantitative estimate of drug-likeness (QED) is 0.744. The lowest BCUT2D eigenvalue weighted by Crippen LogP contribution is -2.30. The molecule has 0 aliphatic carbocycles. The molecule has 1 atom stereocenters. The third-order valence-corrected chi connectivity index (χ3v) is 3.25. The van der Waals surface area contributed by atoms with E-state index in [0.717, 1.165) is 6.42 Å². The van der Waals surface area contributed by atoms with Crippen molar-refractivity contribution >= 4 is 17.6 Å². The van der Waals surface area contributed by atoms with Crippen LogP contribution in [0.25, 0.3) is 0 Å². The van der Waals surface area contributed by atoms with Gasteiger partial charge in [0.1, 0.15) is 0 Å². The summed E-state index contributed by atoms with van der Waals surface area (Å²) >= 11 is 0. The molecule has 0 fully saturated rings. The number of carbonyl (C=O) groups excluding carboxylic acids is 2. The number of nitrogens with one attached hydrogen (secondary N) is 1. The highest BCUT2D eigenvalue weighted by Gasteiger charge is 2.18. The van der Waals surface area contributed by atoms with E-state index in [0.29, 0.717) is 29.5 Å². The number of hydrogen-bond acceptors (Lipinski definition) is 5. The summed E-state index contributed by atoms with van der Waals surface area (Å²) in [6, 6.07) is 5.02. The largest absolute Gasteiger partial charge is 0.493 e. The first-order valence-electron chi connectivity index (χ1n) is 7.59. The Labute approximate surface area is 137 Å².